The van der Waals surface area contributed by atoms with Crippen LogP contribution < -0.4 is 30.1 Å². The van der Waals surface area contributed by atoms with E-state index in [0.29, 0.717) is 83.0 Å². The number of benzene rings is 6. The van der Waals surface area contributed by atoms with Crippen LogP contribution in [0.5, 0.6) is 0 Å². The Kier molecular flexibility index (Phi) is 18.9. The first kappa shape index (κ1) is 70.2. The molecule has 0 aliphatic heterocycles. The first-order valence-electron chi connectivity index (χ1n) is 30.3. The molecule has 0 aliphatic carbocycles. The van der Waals surface area contributed by atoms with Crippen molar-refractivity contribution in [1.29, 1.82) is 5.41 Å². The molecule has 12 rings (SSSR count). The smallest absolute Gasteiger partial charge is 0.263 e. The molecule has 98 heavy (non-hydrogen) atoms. The van der Waals surface area contributed by atoms with Crippen LogP contribution in [0.3, 0.4) is 0 Å². The van der Waals surface area contributed by atoms with Crippen molar-refractivity contribution in [1.82, 2.24) is 39.1 Å². The van der Waals surface area contributed by atoms with Crippen molar-refractivity contribution in [2.24, 2.45) is 0 Å². The fourth-order valence-corrected chi connectivity index (χ4v) is 14.0. The van der Waals surface area contributed by atoms with Crippen LogP contribution in [0.1, 0.15) is 96.1 Å². The highest BCUT2D eigenvalue weighted by atomic mass is 32.2. The number of sulfonamides is 3. The predicted molar refractivity (Wildman–Crippen MR) is 367 cm³/mol. The molecule has 6 aromatic heterocycles. The van der Waals surface area contributed by atoms with Gasteiger partial charge in [-0.05, 0) is 144 Å². The average Bonchev–Trinajstić information content (AvgIpc) is 1.51. The summed E-state index contributed by atoms with van der Waals surface area (Å²) in [7, 11) is -12.4. The second kappa shape index (κ2) is 26.4. The van der Waals surface area contributed by atoms with Gasteiger partial charge < -0.3 is 16.1 Å². The lowest BCUT2D eigenvalue weighted by Gasteiger charge is -2.20. The maximum absolute atomic E-state index is 14.7. The lowest BCUT2D eigenvalue weighted by Crippen LogP contribution is -2.26. The molecule has 0 aliphatic rings. The number of nitrogens with two attached hydrogens (primary N) is 1. The normalized spacial score (nSPS) is 12.3. The van der Waals surface area contributed by atoms with E-state index in [1.807, 2.05) is 80.5 Å². The summed E-state index contributed by atoms with van der Waals surface area (Å²) in [6.07, 6.45) is 1.33. The highest BCUT2D eigenvalue weighted by Crippen LogP contribution is 2.34. The fraction of sp³-hybridized carbons (Fsp3) is 0.217. The average molecular weight is 1400 g/mol. The first-order chi connectivity index (χ1) is 45.8. The number of nitrogen functional groups attached to an aromatic ring is 1. The second-order valence-electron chi connectivity index (χ2n) is 26.1. The maximum atomic E-state index is 14.7. The molecule has 22 nitrogen and oxygen atoms in total. The summed E-state index contributed by atoms with van der Waals surface area (Å²) < 4.78 is 149. The number of aryl methyl sites for hydroxylation is 2. The van der Waals surface area contributed by atoms with Crippen LogP contribution in [-0.2, 0) is 53.0 Å². The summed E-state index contributed by atoms with van der Waals surface area (Å²) in [5, 5.41) is 44.9. The van der Waals surface area contributed by atoms with E-state index in [1.54, 1.807) is 92.7 Å². The van der Waals surface area contributed by atoms with Gasteiger partial charge in [-0.1, -0.05) is 98.7 Å². The Bertz CT molecular complexity index is 5520. The molecule has 7 N–H and O–H groups in total. The van der Waals surface area contributed by atoms with Crippen LogP contribution in [0.4, 0.5) is 40.8 Å². The highest BCUT2D eigenvalue weighted by Gasteiger charge is 2.28. The van der Waals surface area contributed by atoms with Crippen molar-refractivity contribution in [3.8, 4) is 17.1 Å². The number of alkyl halides is 1. The van der Waals surface area contributed by atoms with Crippen LogP contribution in [0, 0.1) is 41.9 Å². The zero-order valence-electron chi connectivity index (χ0n) is 55.0. The number of hydrogen-bond donors (Lipinski definition) is 6. The van der Waals surface area contributed by atoms with Crippen molar-refractivity contribution >= 4 is 86.1 Å². The van der Waals surface area contributed by atoms with Crippen LogP contribution in [-0.4, -0.2) is 69.5 Å². The van der Waals surface area contributed by atoms with Gasteiger partial charge in [0.05, 0.1) is 65.3 Å². The Balaban J connectivity index is 0.000000159. The highest BCUT2D eigenvalue weighted by molar-refractivity contribution is 7.93. The topological polar surface area (TPSA) is 307 Å². The van der Waals surface area contributed by atoms with E-state index < -0.39 is 70.4 Å². The fourth-order valence-electron chi connectivity index (χ4n) is 10.8. The first-order valence-corrected chi connectivity index (χ1v) is 34.7. The van der Waals surface area contributed by atoms with Gasteiger partial charge in [-0.15, -0.1) is 0 Å². The zero-order chi connectivity index (χ0) is 71.4. The second-order valence-corrected chi connectivity index (χ2v) is 31.1. The Hall–Kier alpha value is -10.7. The van der Waals surface area contributed by atoms with Crippen LogP contribution >= 0.6 is 0 Å². The molecule has 0 spiro atoms. The van der Waals surface area contributed by atoms with E-state index in [9.17, 15) is 53.2 Å². The van der Waals surface area contributed by atoms with Crippen LogP contribution in [0.25, 0.3) is 49.8 Å². The number of halogens is 4. The molecule has 6 aromatic carbocycles. The Morgan fingerprint density at radius 1 is 0.520 bits per heavy atom. The summed E-state index contributed by atoms with van der Waals surface area (Å²) in [6, 6.07) is 41.0. The molecule has 0 unspecified atom stereocenters. The molecule has 510 valence electrons. The van der Waals surface area contributed by atoms with Gasteiger partial charge in [0.15, 0.2) is 11.7 Å². The monoisotopic (exact) mass is 1390 g/mol. The van der Waals surface area contributed by atoms with Gasteiger partial charge in [-0.2, -0.15) is 24.8 Å². The van der Waals surface area contributed by atoms with Gasteiger partial charge in [0.1, 0.15) is 47.4 Å². The minimum absolute atomic E-state index is 0.00936. The molecule has 0 fully saturated rings. The number of pyridine rings is 3. The van der Waals surface area contributed by atoms with Gasteiger partial charge in [0.25, 0.3) is 30.1 Å². The van der Waals surface area contributed by atoms with Gasteiger partial charge in [0.2, 0.25) is 5.52 Å². The van der Waals surface area contributed by atoms with Crippen molar-refractivity contribution in [3.05, 3.63) is 232 Å². The molecule has 6 heterocycles. The third-order valence-electron chi connectivity index (χ3n) is 15.6. The molecule has 12 aromatic rings. The van der Waals surface area contributed by atoms with Gasteiger partial charge in [-0.25, -0.2) is 61.8 Å². The summed E-state index contributed by atoms with van der Waals surface area (Å²) >= 11 is 0. The summed E-state index contributed by atoms with van der Waals surface area (Å²) in [5.74, 6) is -1.08. The van der Waals surface area contributed by atoms with E-state index in [1.165, 1.54) is 68.8 Å². The molecule has 0 amide bonds. The standard InChI is InChI=1S/C23H22F2N4O3S.C23H24FN5O3S.C23H24FN5O2S/c1-23(2,3)18-10-9-16(13-19(18)25)33(31,32)27-22-12-15(14-24)26-29(22)21-8-4-7-20-17(21)6-5-11-28(20)30;1-14-12-22(27-33(31,32)15-8-10-17(18(24)13-15)23(2,3)4)28(26-14)19-6-5-7-20-16(19)9-11-21(25)29(20)30;1-14-12-22(28-32(30,31)15-8-10-17(18(24)13-15)23(2,3)4)29(27-14)20-7-5-6-19-16(20)9-11-21(25)26-19/h4-13,27H,14H2,1-3H3;5-13,25,27,30H,1-4H3;5-13,28H,1-4H3,(H2,25,26). The third kappa shape index (κ3) is 14.7. The van der Waals surface area contributed by atoms with E-state index in [4.69, 9.17) is 11.1 Å². The van der Waals surface area contributed by atoms with Crippen molar-refractivity contribution in [2.45, 2.75) is 114 Å². The quantitative estimate of drug-likeness (QED) is 0.0271. The number of hydrogen-bond acceptors (Lipinski definition) is 14. The number of aromatic nitrogens is 9. The zero-order valence-corrected chi connectivity index (χ0v) is 57.5. The number of anilines is 4. The third-order valence-corrected chi connectivity index (χ3v) is 19.6. The van der Waals surface area contributed by atoms with Crippen LogP contribution in [0.15, 0.2) is 185 Å². The molecular formula is C69H70F4N14O8S3. The van der Waals surface area contributed by atoms with E-state index in [-0.39, 0.29) is 43.3 Å². The number of nitrogens with zero attached hydrogens (tertiary/aromatic N) is 9. The Morgan fingerprint density at radius 3 is 1.40 bits per heavy atom. The predicted octanol–water partition coefficient (Wildman–Crippen LogP) is 13.0. The molecular weight excluding hydrogens is 1330 g/mol. The van der Waals surface area contributed by atoms with E-state index in [2.05, 4.69) is 34.4 Å². The molecule has 0 atom stereocenters. The Morgan fingerprint density at radius 2 is 0.939 bits per heavy atom. The maximum Gasteiger partial charge on any atom is 0.263 e. The Labute approximate surface area is 562 Å². The SMILES string of the molecule is CC(C)(C)c1ccc(S(=O)(=O)Nc2cc(CF)nn2-c2cccc3c2ccc[n+]3[O-])cc1F.Cc1cc(NS(=O)(=O)c2ccc(C(C)(C)C)c(F)c2)n(-c2cccc3c2ccc(=N)n3O)n1.Cc1cc(NS(=O)(=O)c2ccc(C(C)(C)C)c(F)c2)n(-c2cccc3nc(N)ccc23)n1. The van der Waals surface area contributed by atoms with Crippen molar-refractivity contribution in [2.75, 3.05) is 19.9 Å². The summed E-state index contributed by atoms with van der Waals surface area (Å²) in [5.41, 5.74) is 9.54. The van der Waals surface area contributed by atoms with Crippen LogP contribution in [0.2, 0.25) is 0 Å². The molecule has 0 bridgehead atoms. The van der Waals surface area contributed by atoms with E-state index in [0.717, 1.165) is 28.3 Å². The van der Waals surface area contributed by atoms with Crippen molar-refractivity contribution in [3.63, 3.8) is 0 Å². The minimum Gasteiger partial charge on any atom is -0.618 e. The summed E-state index contributed by atoms with van der Waals surface area (Å²) in [6.45, 7) is 19.2. The summed E-state index contributed by atoms with van der Waals surface area (Å²) in [4.78, 5) is 3.66. The number of fused-ring (bicyclic) bond motifs is 3. The lowest BCUT2D eigenvalue weighted by molar-refractivity contribution is -0.577. The van der Waals surface area contributed by atoms with E-state index >= 15 is 0 Å². The van der Waals surface area contributed by atoms with Gasteiger partial charge in [0, 0.05) is 41.1 Å². The number of rotatable bonds is 13. The number of nitrogens with one attached hydrogen (secondary N) is 4. The molecule has 0 saturated carbocycles. The molecule has 0 saturated heterocycles. The largest absolute Gasteiger partial charge is 0.618 e. The minimum atomic E-state index is -4.23. The molecule has 29 heteroatoms. The van der Waals surface area contributed by atoms with Crippen molar-refractivity contribution < 1.29 is 52.8 Å². The lowest BCUT2D eigenvalue weighted by atomic mass is 9.87. The molecule has 0 radical (unpaired) electrons. The van der Waals surface area contributed by atoms with Gasteiger partial charge in [-0.3, -0.25) is 19.6 Å². The van der Waals surface area contributed by atoms with Gasteiger partial charge >= 0.3 is 0 Å².